The fraction of sp³-hybridized carbons (Fsp3) is 0.0769. The average molecular weight is 287 g/mol. The van der Waals surface area contributed by atoms with Crippen molar-refractivity contribution in [1.82, 2.24) is 4.98 Å². The molecule has 106 valence electrons. The lowest BCUT2D eigenvalue weighted by molar-refractivity contribution is 0.0601. The van der Waals surface area contributed by atoms with E-state index in [1.54, 1.807) is 6.07 Å². The van der Waals surface area contributed by atoms with Gasteiger partial charge in [0.05, 0.1) is 12.8 Å². The molecular weight excluding hydrogens is 277 g/mol. The first kappa shape index (κ1) is 14.3. The summed E-state index contributed by atoms with van der Waals surface area (Å²) < 4.78 is 18.3. The SMILES string of the molecule is COC(=O)c1ccc(N=[N+]=[N-])nc1Nc1ccccc1F. The number of nitrogens with one attached hydrogen (secondary N) is 1. The Kier molecular flexibility index (Phi) is 4.33. The largest absolute Gasteiger partial charge is 0.465 e. The van der Waals surface area contributed by atoms with Gasteiger partial charge in [0.25, 0.3) is 0 Å². The summed E-state index contributed by atoms with van der Waals surface area (Å²) in [4.78, 5) is 18.3. The number of azide groups is 1. The minimum absolute atomic E-state index is 0.0388. The van der Waals surface area contributed by atoms with E-state index in [1.807, 2.05) is 0 Å². The van der Waals surface area contributed by atoms with Gasteiger partial charge in [0.2, 0.25) is 0 Å². The zero-order valence-electron chi connectivity index (χ0n) is 10.9. The van der Waals surface area contributed by atoms with Gasteiger partial charge in [0.15, 0.2) is 0 Å². The van der Waals surface area contributed by atoms with Crippen molar-refractivity contribution in [3.8, 4) is 0 Å². The highest BCUT2D eigenvalue weighted by atomic mass is 19.1. The molecule has 2 aromatic rings. The van der Waals surface area contributed by atoms with Crippen LogP contribution >= 0.6 is 0 Å². The van der Waals surface area contributed by atoms with Crippen LogP contribution in [0, 0.1) is 5.82 Å². The van der Waals surface area contributed by atoms with E-state index in [4.69, 9.17) is 5.53 Å². The van der Waals surface area contributed by atoms with Gasteiger partial charge < -0.3 is 10.1 Å². The topological polar surface area (TPSA) is 100.0 Å². The lowest BCUT2D eigenvalue weighted by Crippen LogP contribution is -2.07. The first-order valence-electron chi connectivity index (χ1n) is 5.81. The molecule has 0 spiro atoms. The molecule has 2 rings (SSSR count). The molecule has 0 saturated carbocycles. The number of methoxy groups -OCH3 is 1. The quantitative estimate of drug-likeness (QED) is 0.401. The zero-order valence-corrected chi connectivity index (χ0v) is 10.9. The molecule has 1 N–H and O–H groups in total. The van der Waals surface area contributed by atoms with Crippen molar-refractivity contribution in [2.75, 3.05) is 12.4 Å². The van der Waals surface area contributed by atoms with E-state index in [0.29, 0.717) is 0 Å². The molecule has 0 fully saturated rings. The predicted molar refractivity (Wildman–Crippen MR) is 74.1 cm³/mol. The molecule has 1 aromatic carbocycles. The number of anilines is 2. The van der Waals surface area contributed by atoms with Crippen molar-refractivity contribution in [2.45, 2.75) is 0 Å². The van der Waals surface area contributed by atoms with E-state index in [2.05, 4.69) is 25.1 Å². The molecule has 0 amide bonds. The highest BCUT2D eigenvalue weighted by molar-refractivity contribution is 5.95. The second-order valence-corrected chi connectivity index (χ2v) is 3.85. The van der Waals surface area contributed by atoms with Crippen LogP contribution < -0.4 is 5.32 Å². The third-order valence-corrected chi connectivity index (χ3v) is 2.56. The van der Waals surface area contributed by atoms with Gasteiger partial charge in [-0.3, -0.25) is 0 Å². The Balaban J connectivity index is 2.48. The number of para-hydroxylation sites is 1. The summed E-state index contributed by atoms with van der Waals surface area (Å²) in [7, 11) is 1.22. The molecule has 7 nitrogen and oxygen atoms in total. The summed E-state index contributed by atoms with van der Waals surface area (Å²) in [5.41, 5.74) is 8.64. The van der Waals surface area contributed by atoms with Crippen molar-refractivity contribution in [1.29, 1.82) is 0 Å². The molecular formula is C13H10FN5O2. The van der Waals surface area contributed by atoms with Crippen LogP contribution in [0.2, 0.25) is 0 Å². The normalized spacial score (nSPS) is 9.62. The van der Waals surface area contributed by atoms with Crippen LogP contribution in [0.3, 0.4) is 0 Å². The minimum Gasteiger partial charge on any atom is -0.465 e. The number of carbonyl (C=O) groups excluding carboxylic acids is 1. The van der Waals surface area contributed by atoms with Crippen molar-refractivity contribution in [2.24, 2.45) is 5.11 Å². The molecule has 1 aromatic heterocycles. The highest BCUT2D eigenvalue weighted by Gasteiger charge is 2.15. The fourth-order valence-corrected chi connectivity index (χ4v) is 1.61. The fourth-order valence-electron chi connectivity index (χ4n) is 1.61. The van der Waals surface area contributed by atoms with Crippen molar-refractivity contribution >= 4 is 23.3 Å². The molecule has 0 bridgehead atoms. The van der Waals surface area contributed by atoms with Gasteiger partial charge in [0.1, 0.15) is 23.0 Å². The zero-order chi connectivity index (χ0) is 15.2. The van der Waals surface area contributed by atoms with E-state index in [1.165, 1.54) is 37.4 Å². The highest BCUT2D eigenvalue weighted by Crippen LogP contribution is 2.24. The molecule has 0 unspecified atom stereocenters. The number of hydrogen-bond acceptors (Lipinski definition) is 5. The summed E-state index contributed by atoms with van der Waals surface area (Å²) in [5, 5.41) is 6.03. The maximum absolute atomic E-state index is 13.7. The summed E-state index contributed by atoms with van der Waals surface area (Å²) in [5.74, 6) is -1.07. The molecule has 0 atom stereocenters. The van der Waals surface area contributed by atoms with E-state index in [-0.39, 0.29) is 22.9 Å². The Hall–Kier alpha value is -3.12. The van der Waals surface area contributed by atoms with Gasteiger partial charge in [-0.15, -0.1) is 0 Å². The molecule has 8 heteroatoms. The molecule has 0 saturated heterocycles. The first-order valence-corrected chi connectivity index (χ1v) is 5.81. The first-order chi connectivity index (χ1) is 10.2. The molecule has 0 aliphatic carbocycles. The van der Waals surface area contributed by atoms with E-state index >= 15 is 0 Å². The molecule has 21 heavy (non-hydrogen) atoms. The number of benzene rings is 1. The van der Waals surface area contributed by atoms with Gasteiger partial charge in [-0.25, -0.2) is 14.2 Å². The number of rotatable bonds is 4. The standard InChI is InChI=1S/C13H10FN5O2/c1-21-13(20)8-6-7-11(18-19-15)17-12(8)16-10-5-3-2-4-9(10)14/h2-7H,1H3,(H,16,17). The number of hydrogen-bond donors (Lipinski definition) is 1. The number of nitrogens with zero attached hydrogens (tertiary/aromatic N) is 4. The predicted octanol–water partition coefficient (Wildman–Crippen LogP) is 3.69. The second-order valence-electron chi connectivity index (χ2n) is 3.85. The van der Waals surface area contributed by atoms with Gasteiger partial charge in [-0.05, 0) is 34.9 Å². The lowest BCUT2D eigenvalue weighted by atomic mass is 10.2. The summed E-state index contributed by atoms with van der Waals surface area (Å²) in [6.07, 6.45) is 0. The Bertz CT molecular complexity index is 728. The maximum atomic E-state index is 13.7. The Morgan fingerprint density at radius 2 is 2.14 bits per heavy atom. The van der Waals surface area contributed by atoms with Crippen molar-refractivity contribution in [3.05, 3.63) is 58.2 Å². The second kappa shape index (κ2) is 6.36. The van der Waals surface area contributed by atoms with Crippen LogP contribution in [-0.2, 0) is 4.74 Å². The van der Waals surface area contributed by atoms with Crippen LogP contribution in [0.4, 0.5) is 21.7 Å². The smallest absolute Gasteiger partial charge is 0.341 e. The van der Waals surface area contributed by atoms with Crippen LogP contribution in [0.25, 0.3) is 10.4 Å². The van der Waals surface area contributed by atoms with Gasteiger partial charge in [-0.1, -0.05) is 12.1 Å². The average Bonchev–Trinajstić information content (AvgIpc) is 2.49. The Morgan fingerprint density at radius 1 is 1.38 bits per heavy atom. The number of halogens is 1. The lowest BCUT2D eigenvalue weighted by Gasteiger charge is -2.11. The Morgan fingerprint density at radius 3 is 2.81 bits per heavy atom. The Labute approximate surface area is 119 Å². The molecule has 0 radical (unpaired) electrons. The minimum atomic E-state index is -0.645. The van der Waals surface area contributed by atoms with Gasteiger partial charge in [-0.2, -0.15) is 0 Å². The van der Waals surface area contributed by atoms with E-state index in [0.717, 1.165) is 0 Å². The molecule has 0 aliphatic rings. The van der Waals surface area contributed by atoms with Crippen molar-refractivity contribution in [3.63, 3.8) is 0 Å². The number of pyridine rings is 1. The van der Waals surface area contributed by atoms with Crippen LogP contribution in [0.15, 0.2) is 41.5 Å². The number of ether oxygens (including phenoxy) is 1. The van der Waals surface area contributed by atoms with Crippen LogP contribution in [0.1, 0.15) is 10.4 Å². The number of carbonyl (C=O) groups is 1. The maximum Gasteiger partial charge on any atom is 0.341 e. The monoisotopic (exact) mass is 287 g/mol. The van der Waals surface area contributed by atoms with Gasteiger partial charge >= 0.3 is 5.97 Å². The third-order valence-electron chi connectivity index (χ3n) is 2.56. The van der Waals surface area contributed by atoms with Crippen LogP contribution in [-0.4, -0.2) is 18.1 Å². The van der Waals surface area contributed by atoms with Gasteiger partial charge in [0, 0.05) is 4.91 Å². The summed E-state index contributed by atoms with van der Waals surface area (Å²) in [6.45, 7) is 0. The molecule has 1 heterocycles. The van der Waals surface area contributed by atoms with Crippen molar-refractivity contribution < 1.29 is 13.9 Å². The molecule has 0 aliphatic heterocycles. The summed E-state index contributed by atoms with van der Waals surface area (Å²) in [6, 6.07) is 8.65. The summed E-state index contributed by atoms with van der Waals surface area (Å²) >= 11 is 0. The van der Waals surface area contributed by atoms with E-state index in [9.17, 15) is 9.18 Å². The third kappa shape index (κ3) is 3.26. The van der Waals surface area contributed by atoms with E-state index < -0.39 is 11.8 Å². The van der Waals surface area contributed by atoms with Crippen LogP contribution in [0.5, 0.6) is 0 Å². The number of aromatic nitrogens is 1. The number of esters is 1.